The van der Waals surface area contributed by atoms with E-state index in [1.54, 1.807) is 0 Å². The third-order valence-electron chi connectivity index (χ3n) is 3.32. The minimum absolute atomic E-state index is 0.0342. The second kappa shape index (κ2) is 7.09. The fourth-order valence-electron chi connectivity index (χ4n) is 2.07. The molecule has 0 radical (unpaired) electrons. The van der Waals surface area contributed by atoms with Crippen LogP contribution in [0, 0.1) is 0 Å². The number of amides is 1. The minimum atomic E-state index is -4.86. The monoisotopic (exact) mass is 398 g/mol. The van der Waals surface area contributed by atoms with E-state index in [1.807, 2.05) is 5.32 Å². The summed E-state index contributed by atoms with van der Waals surface area (Å²) < 4.78 is 78.4. The highest BCUT2D eigenvalue weighted by Gasteiger charge is 2.39. The first-order valence-corrected chi connectivity index (χ1v) is 7.91. The van der Waals surface area contributed by atoms with Gasteiger partial charge in [-0.15, -0.1) is 11.3 Å². The van der Waals surface area contributed by atoms with E-state index in [0.29, 0.717) is 17.4 Å². The Morgan fingerprint density at radius 3 is 2.35 bits per heavy atom. The van der Waals surface area contributed by atoms with Gasteiger partial charge >= 0.3 is 12.4 Å². The van der Waals surface area contributed by atoms with Gasteiger partial charge in [-0.1, -0.05) is 6.92 Å². The number of nitrogens with zero attached hydrogens (tertiary/aromatic N) is 2. The molecule has 0 saturated heterocycles. The van der Waals surface area contributed by atoms with Gasteiger partial charge in [-0.2, -0.15) is 26.3 Å². The van der Waals surface area contributed by atoms with Crippen molar-refractivity contribution >= 4 is 23.1 Å². The molecule has 0 aliphatic carbocycles. The van der Waals surface area contributed by atoms with E-state index < -0.39 is 41.2 Å². The molecule has 0 unspecified atom stereocenters. The number of hydrogen-bond acceptors (Lipinski definition) is 5. The number of aromatic nitrogens is 2. The lowest BCUT2D eigenvalue weighted by Crippen LogP contribution is -2.35. The number of carbonyl (C=O) groups is 1. The molecule has 2 rings (SSSR count). The van der Waals surface area contributed by atoms with E-state index in [1.165, 1.54) is 6.92 Å². The average Bonchev–Trinajstić information content (AvgIpc) is 3.00. The van der Waals surface area contributed by atoms with E-state index >= 15 is 0 Å². The van der Waals surface area contributed by atoms with Crippen molar-refractivity contribution in [3.05, 3.63) is 29.0 Å². The first-order chi connectivity index (χ1) is 11.9. The van der Waals surface area contributed by atoms with Gasteiger partial charge in [0.25, 0.3) is 5.91 Å². The summed E-state index contributed by atoms with van der Waals surface area (Å²) in [5, 5.41) is 1.76. The Kier molecular flexibility index (Phi) is 5.44. The predicted molar refractivity (Wildman–Crippen MR) is 82.6 cm³/mol. The maximum Gasteiger partial charge on any atom is 0.417 e. The molecule has 0 aliphatic heterocycles. The Morgan fingerprint density at radius 1 is 1.23 bits per heavy atom. The SMILES string of the molecule is CC[C@H](Nc1cc(C(F)(F)F)c(-c2cnc(C(N)=O)s2)cn1)C(F)(F)F. The van der Waals surface area contributed by atoms with Gasteiger partial charge in [-0.25, -0.2) is 9.97 Å². The molecule has 0 aliphatic rings. The summed E-state index contributed by atoms with van der Waals surface area (Å²) in [5.41, 5.74) is 3.41. The van der Waals surface area contributed by atoms with Crippen molar-refractivity contribution in [3.63, 3.8) is 0 Å². The summed E-state index contributed by atoms with van der Waals surface area (Å²) in [5.74, 6) is -1.47. The Balaban J connectivity index is 2.46. The average molecular weight is 398 g/mol. The van der Waals surface area contributed by atoms with Gasteiger partial charge in [0.05, 0.1) is 10.4 Å². The molecule has 12 heteroatoms. The molecule has 26 heavy (non-hydrogen) atoms. The second-order valence-electron chi connectivity index (χ2n) is 5.15. The van der Waals surface area contributed by atoms with Gasteiger partial charge in [-0.3, -0.25) is 4.79 Å². The summed E-state index contributed by atoms with van der Waals surface area (Å²) in [6, 6.07) is -1.54. The maximum atomic E-state index is 13.3. The van der Waals surface area contributed by atoms with Crippen molar-refractivity contribution in [2.75, 3.05) is 5.32 Å². The number of thiazole rings is 1. The lowest BCUT2D eigenvalue weighted by Gasteiger charge is -2.21. The van der Waals surface area contributed by atoms with E-state index in [9.17, 15) is 31.1 Å². The maximum absolute atomic E-state index is 13.3. The Morgan fingerprint density at radius 2 is 1.88 bits per heavy atom. The Labute approximate surface area is 147 Å². The van der Waals surface area contributed by atoms with Gasteiger partial charge < -0.3 is 11.1 Å². The highest BCUT2D eigenvalue weighted by molar-refractivity contribution is 7.17. The van der Waals surface area contributed by atoms with Crippen LogP contribution in [0.4, 0.5) is 32.2 Å². The molecule has 2 aromatic heterocycles. The van der Waals surface area contributed by atoms with Crippen LogP contribution in [0.3, 0.4) is 0 Å². The third kappa shape index (κ3) is 4.42. The summed E-state index contributed by atoms with van der Waals surface area (Å²) in [6.07, 6.45) is -8.07. The predicted octanol–water partition coefficient (Wildman–Crippen LogP) is 4.08. The van der Waals surface area contributed by atoms with E-state index in [0.717, 1.165) is 12.4 Å². The van der Waals surface area contributed by atoms with E-state index in [4.69, 9.17) is 5.73 Å². The van der Waals surface area contributed by atoms with Crippen LogP contribution in [0.25, 0.3) is 10.4 Å². The molecule has 2 aromatic rings. The Bertz CT molecular complexity index is 801. The van der Waals surface area contributed by atoms with Crippen LogP contribution in [0.1, 0.15) is 28.7 Å². The largest absolute Gasteiger partial charge is 0.417 e. The Hall–Kier alpha value is -2.37. The van der Waals surface area contributed by atoms with Crippen LogP contribution < -0.4 is 11.1 Å². The summed E-state index contributed by atoms with van der Waals surface area (Å²) in [4.78, 5) is 18.3. The smallest absolute Gasteiger partial charge is 0.364 e. The zero-order valence-corrected chi connectivity index (χ0v) is 13.9. The number of anilines is 1. The molecule has 0 fully saturated rings. The number of nitrogens with two attached hydrogens (primary N) is 1. The van der Waals surface area contributed by atoms with E-state index in [-0.39, 0.29) is 16.3 Å². The van der Waals surface area contributed by atoms with Crippen molar-refractivity contribution in [2.45, 2.75) is 31.7 Å². The van der Waals surface area contributed by atoms with E-state index in [2.05, 4.69) is 9.97 Å². The second-order valence-corrected chi connectivity index (χ2v) is 6.18. The highest BCUT2D eigenvalue weighted by Crippen LogP contribution is 2.40. The summed E-state index contributed by atoms with van der Waals surface area (Å²) in [7, 11) is 0. The lowest BCUT2D eigenvalue weighted by molar-refractivity contribution is -0.142. The molecular formula is C14H12F6N4OS. The third-order valence-corrected chi connectivity index (χ3v) is 4.36. The van der Waals surface area contributed by atoms with Crippen molar-refractivity contribution in [1.82, 2.24) is 9.97 Å². The van der Waals surface area contributed by atoms with Crippen LogP contribution in [-0.2, 0) is 6.18 Å². The number of pyridine rings is 1. The molecule has 5 nitrogen and oxygen atoms in total. The zero-order chi connectivity index (χ0) is 19.7. The number of nitrogens with one attached hydrogen (secondary N) is 1. The molecule has 0 bridgehead atoms. The molecule has 3 N–H and O–H groups in total. The standard InChI is InChI=1S/C14H12F6N4OS/c1-2-9(14(18,19)20)24-10-3-7(13(15,16)17)6(4-22-10)8-5-23-12(26-8)11(21)25/h3-5,9H,2H2,1H3,(H2,21,25)(H,22,24)/t9-/m0/s1. The van der Waals surface area contributed by atoms with Gasteiger partial charge in [0.1, 0.15) is 11.9 Å². The first-order valence-electron chi connectivity index (χ1n) is 7.10. The molecule has 0 spiro atoms. The molecule has 0 aromatic carbocycles. The van der Waals surface area contributed by atoms with Crippen molar-refractivity contribution in [2.24, 2.45) is 5.73 Å². The van der Waals surface area contributed by atoms with Crippen molar-refractivity contribution < 1.29 is 31.1 Å². The highest BCUT2D eigenvalue weighted by atomic mass is 32.1. The number of halogens is 6. The topological polar surface area (TPSA) is 80.9 Å². The lowest BCUT2D eigenvalue weighted by atomic mass is 10.1. The molecule has 0 saturated carbocycles. The molecule has 142 valence electrons. The number of primary amides is 1. The summed E-state index contributed by atoms with van der Waals surface area (Å²) in [6.45, 7) is 1.24. The van der Waals surface area contributed by atoms with Crippen molar-refractivity contribution in [1.29, 1.82) is 0 Å². The first kappa shape index (κ1) is 19.9. The fraction of sp³-hybridized carbons (Fsp3) is 0.357. The quantitative estimate of drug-likeness (QED) is 0.744. The number of hydrogen-bond donors (Lipinski definition) is 2. The fourth-order valence-corrected chi connectivity index (χ4v) is 2.86. The zero-order valence-electron chi connectivity index (χ0n) is 13.1. The molecule has 2 heterocycles. The van der Waals surface area contributed by atoms with Gasteiger partial charge in [0.15, 0.2) is 5.01 Å². The normalized spacial score (nSPS) is 13.5. The minimum Gasteiger partial charge on any atom is -0.364 e. The molecular weight excluding hydrogens is 386 g/mol. The van der Waals surface area contributed by atoms with Crippen LogP contribution in [0.15, 0.2) is 18.5 Å². The van der Waals surface area contributed by atoms with Gasteiger partial charge in [0.2, 0.25) is 0 Å². The molecule has 1 amide bonds. The van der Waals surface area contributed by atoms with Gasteiger partial charge in [-0.05, 0) is 12.5 Å². The van der Waals surface area contributed by atoms with Crippen LogP contribution in [-0.4, -0.2) is 28.1 Å². The van der Waals surface area contributed by atoms with Gasteiger partial charge in [0, 0.05) is 18.0 Å². The van der Waals surface area contributed by atoms with Crippen LogP contribution in [0.5, 0.6) is 0 Å². The number of alkyl halides is 6. The van der Waals surface area contributed by atoms with Crippen LogP contribution in [0.2, 0.25) is 0 Å². The molecule has 1 atom stereocenters. The summed E-state index contributed by atoms with van der Waals surface area (Å²) >= 11 is 0.627. The number of carbonyl (C=O) groups excluding carboxylic acids is 1. The number of rotatable bonds is 5. The van der Waals surface area contributed by atoms with Crippen molar-refractivity contribution in [3.8, 4) is 10.4 Å². The van der Waals surface area contributed by atoms with Crippen LogP contribution >= 0.6 is 11.3 Å².